The lowest BCUT2D eigenvalue weighted by Crippen LogP contribution is -2.38. The molecule has 1 aliphatic rings. The van der Waals surface area contributed by atoms with Gasteiger partial charge in [-0.1, -0.05) is 36.4 Å². The number of para-hydroxylation sites is 2. The van der Waals surface area contributed by atoms with Crippen LogP contribution in [0.25, 0.3) is 0 Å². The Kier molecular flexibility index (Phi) is 6.25. The smallest absolute Gasteiger partial charge is 0.222 e. The van der Waals surface area contributed by atoms with E-state index in [1.165, 1.54) is 5.69 Å². The fourth-order valence-corrected chi connectivity index (χ4v) is 4.10. The minimum absolute atomic E-state index is 0.272. The molecule has 0 radical (unpaired) electrons. The van der Waals surface area contributed by atoms with Gasteiger partial charge in [-0.15, -0.1) is 0 Å². The van der Waals surface area contributed by atoms with Crippen molar-refractivity contribution < 1.29 is 4.79 Å². The first-order valence-electron chi connectivity index (χ1n) is 10.4. The van der Waals surface area contributed by atoms with Crippen LogP contribution >= 0.6 is 0 Å². The fraction of sp³-hybridized carbons (Fsp3) is 0.333. The van der Waals surface area contributed by atoms with Crippen LogP contribution in [0.2, 0.25) is 0 Å². The van der Waals surface area contributed by atoms with Crippen molar-refractivity contribution in [2.24, 2.45) is 0 Å². The second-order valence-electron chi connectivity index (χ2n) is 7.59. The molecule has 5 nitrogen and oxygen atoms in total. The van der Waals surface area contributed by atoms with Gasteiger partial charge in [0.1, 0.15) is 0 Å². The summed E-state index contributed by atoms with van der Waals surface area (Å²) in [6, 6.07) is 20.8. The summed E-state index contributed by atoms with van der Waals surface area (Å²) in [5.41, 5.74) is 3.51. The molecule has 0 saturated carbocycles. The van der Waals surface area contributed by atoms with Crippen LogP contribution in [0.5, 0.6) is 0 Å². The van der Waals surface area contributed by atoms with Crippen LogP contribution in [0.15, 0.2) is 73.2 Å². The first kappa shape index (κ1) is 19.2. The summed E-state index contributed by atoms with van der Waals surface area (Å²) in [6.07, 6.45) is 7.08. The van der Waals surface area contributed by atoms with Crippen molar-refractivity contribution in [1.29, 1.82) is 0 Å². The second-order valence-corrected chi connectivity index (χ2v) is 7.59. The number of piperidine rings is 1. The zero-order chi connectivity index (χ0) is 19.9. The molecule has 0 bridgehead atoms. The van der Waals surface area contributed by atoms with Crippen molar-refractivity contribution in [3.05, 3.63) is 78.9 Å². The number of likely N-dealkylation sites (tertiary alicyclic amines) is 1. The summed E-state index contributed by atoms with van der Waals surface area (Å²) in [6.45, 7) is 2.50. The molecular weight excluding hydrogens is 360 g/mol. The van der Waals surface area contributed by atoms with E-state index in [-0.39, 0.29) is 5.91 Å². The molecule has 3 aromatic rings. The standard InChI is InChI=1S/C24H28N4O/c29-24(27-16-13-20(14-17-27)23-18-25-19-26-23)12-7-15-28(21-8-3-1-4-9-21)22-10-5-2-6-11-22/h1-6,8-11,18-20H,7,12-17H2,(H,25,26). The van der Waals surface area contributed by atoms with Gasteiger partial charge in [-0.25, -0.2) is 4.98 Å². The number of carbonyl (C=O) groups is 1. The monoisotopic (exact) mass is 388 g/mol. The number of hydrogen-bond acceptors (Lipinski definition) is 3. The third kappa shape index (κ3) is 4.86. The molecule has 1 saturated heterocycles. The van der Waals surface area contributed by atoms with Crippen molar-refractivity contribution in [3.8, 4) is 0 Å². The highest BCUT2D eigenvalue weighted by molar-refractivity contribution is 5.76. The van der Waals surface area contributed by atoms with Crippen LogP contribution in [0, 0.1) is 0 Å². The number of H-pyrrole nitrogens is 1. The summed E-state index contributed by atoms with van der Waals surface area (Å²) >= 11 is 0. The zero-order valence-electron chi connectivity index (χ0n) is 16.7. The number of nitrogens with one attached hydrogen (secondary N) is 1. The quantitative estimate of drug-likeness (QED) is 0.636. The fourth-order valence-electron chi connectivity index (χ4n) is 4.10. The molecule has 0 spiro atoms. The van der Waals surface area contributed by atoms with Crippen molar-refractivity contribution in [3.63, 3.8) is 0 Å². The molecule has 0 atom stereocenters. The van der Waals surface area contributed by atoms with Gasteiger partial charge in [-0.2, -0.15) is 0 Å². The topological polar surface area (TPSA) is 52.2 Å². The minimum Gasteiger partial charge on any atom is -0.348 e. The van der Waals surface area contributed by atoms with E-state index >= 15 is 0 Å². The molecule has 1 aromatic heterocycles. The van der Waals surface area contributed by atoms with Crippen LogP contribution in [0.1, 0.15) is 37.3 Å². The first-order valence-corrected chi connectivity index (χ1v) is 10.4. The van der Waals surface area contributed by atoms with Crippen LogP contribution in [0.3, 0.4) is 0 Å². The number of rotatable bonds is 7. The Morgan fingerprint density at radius 1 is 1.00 bits per heavy atom. The number of carbonyl (C=O) groups excluding carboxylic acids is 1. The predicted molar refractivity (Wildman–Crippen MR) is 116 cm³/mol. The van der Waals surface area contributed by atoms with Crippen LogP contribution in [-0.2, 0) is 4.79 Å². The number of benzene rings is 2. The number of amides is 1. The van der Waals surface area contributed by atoms with E-state index in [4.69, 9.17) is 0 Å². The van der Waals surface area contributed by atoms with E-state index in [2.05, 4.69) is 63.4 Å². The SMILES string of the molecule is O=C(CCCN(c1ccccc1)c1ccccc1)N1CCC(c2cnc[nH]2)CC1. The molecule has 1 N–H and O–H groups in total. The summed E-state index contributed by atoms with van der Waals surface area (Å²) < 4.78 is 0. The lowest BCUT2D eigenvalue weighted by molar-refractivity contribution is -0.132. The normalized spacial score (nSPS) is 14.7. The molecule has 2 aromatic carbocycles. The van der Waals surface area contributed by atoms with Gasteiger partial charge in [0.25, 0.3) is 0 Å². The van der Waals surface area contributed by atoms with Gasteiger partial charge in [0.2, 0.25) is 5.91 Å². The highest BCUT2D eigenvalue weighted by atomic mass is 16.2. The molecule has 2 heterocycles. The van der Waals surface area contributed by atoms with E-state index in [1.54, 1.807) is 6.33 Å². The lowest BCUT2D eigenvalue weighted by Gasteiger charge is -2.32. The Labute approximate surface area is 172 Å². The number of aromatic nitrogens is 2. The molecule has 1 aliphatic heterocycles. The van der Waals surface area contributed by atoms with Crippen molar-refractivity contribution >= 4 is 17.3 Å². The number of anilines is 2. The molecule has 150 valence electrons. The molecule has 5 heteroatoms. The summed E-state index contributed by atoms with van der Waals surface area (Å²) in [5, 5.41) is 0. The summed E-state index contributed by atoms with van der Waals surface area (Å²) in [5.74, 6) is 0.766. The van der Waals surface area contributed by atoms with E-state index in [9.17, 15) is 4.79 Å². The molecule has 0 aliphatic carbocycles. The molecule has 0 unspecified atom stereocenters. The number of aromatic amines is 1. The Morgan fingerprint density at radius 3 is 2.17 bits per heavy atom. The lowest BCUT2D eigenvalue weighted by atomic mass is 9.94. The maximum absolute atomic E-state index is 12.7. The van der Waals surface area contributed by atoms with Crippen molar-refractivity contribution in [2.45, 2.75) is 31.6 Å². The second kappa shape index (κ2) is 9.41. The maximum Gasteiger partial charge on any atom is 0.222 e. The third-order valence-corrected chi connectivity index (χ3v) is 5.71. The Hall–Kier alpha value is -3.08. The number of nitrogens with zero attached hydrogens (tertiary/aromatic N) is 3. The van der Waals surface area contributed by atoms with Gasteiger partial charge in [0.05, 0.1) is 6.33 Å². The van der Waals surface area contributed by atoms with Crippen LogP contribution < -0.4 is 4.90 Å². The maximum atomic E-state index is 12.7. The molecule has 1 amide bonds. The van der Waals surface area contributed by atoms with E-state index in [0.29, 0.717) is 12.3 Å². The number of hydrogen-bond donors (Lipinski definition) is 1. The average Bonchev–Trinajstić information content (AvgIpc) is 3.33. The Balaban J connectivity index is 1.30. The Morgan fingerprint density at radius 2 is 1.62 bits per heavy atom. The zero-order valence-corrected chi connectivity index (χ0v) is 16.7. The molecule has 1 fully saturated rings. The molecular formula is C24H28N4O. The number of imidazole rings is 1. The van der Waals surface area contributed by atoms with Gasteiger partial charge in [-0.3, -0.25) is 4.79 Å². The average molecular weight is 389 g/mol. The van der Waals surface area contributed by atoms with E-state index in [1.807, 2.05) is 23.2 Å². The molecule has 29 heavy (non-hydrogen) atoms. The van der Waals surface area contributed by atoms with Crippen LogP contribution in [-0.4, -0.2) is 40.4 Å². The van der Waals surface area contributed by atoms with Gasteiger partial charge in [0.15, 0.2) is 0 Å². The Bertz CT molecular complexity index is 832. The van der Waals surface area contributed by atoms with Crippen molar-refractivity contribution in [2.75, 3.05) is 24.5 Å². The third-order valence-electron chi connectivity index (χ3n) is 5.71. The van der Waals surface area contributed by atoms with Gasteiger partial charge in [-0.05, 0) is 43.5 Å². The minimum atomic E-state index is 0.272. The van der Waals surface area contributed by atoms with E-state index < -0.39 is 0 Å². The highest BCUT2D eigenvalue weighted by Gasteiger charge is 2.24. The largest absolute Gasteiger partial charge is 0.348 e. The first-order chi connectivity index (χ1) is 14.3. The highest BCUT2D eigenvalue weighted by Crippen LogP contribution is 2.27. The van der Waals surface area contributed by atoms with Gasteiger partial charge < -0.3 is 14.8 Å². The van der Waals surface area contributed by atoms with Crippen LogP contribution in [0.4, 0.5) is 11.4 Å². The summed E-state index contributed by atoms with van der Waals surface area (Å²) in [7, 11) is 0. The van der Waals surface area contributed by atoms with E-state index in [0.717, 1.165) is 50.3 Å². The summed E-state index contributed by atoms with van der Waals surface area (Å²) in [4.78, 5) is 24.4. The predicted octanol–water partition coefficient (Wildman–Crippen LogP) is 4.73. The van der Waals surface area contributed by atoms with Gasteiger partial charge in [0, 0.05) is 55.2 Å². The van der Waals surface area contributed by atoms with Gasteiger partial charge >= 0.3 is 0 Å². The molecule has 4 rings (SSSR count). The van der Waals surface area contributed by atoms with Crippen molar-refractivity contribution in [1.82, 2.24) is 14.9 Å².